The van der Waals surface area contributed by atoms with Gasteiger partial charge in [0.1, 0.15) is 6.61 Å². The van der Waals surface area contributed by atoms with Crippen molar-refractivity contribution in [3.8, 4) is 0 Å². The first kappa shape index (κ1) is 22.3. The molecule has 2 heterocycles. The SMILES string of the molecule is O=C(NCc1ccc(COCC(F)(F)F)cc1)C1CCN(C(=O)c2cccs2)CC1. The van der Waals surface area contributed by atoms with Gasteiger partial charge in [-0.3, -0.25) is 9.59 Å². The lowest BCUT2D eigenvalue weighted by atomic mass is 9.95. The number of halogens is 3. The first-order chi connectivity index (χ1) is 14.3. The molecular weight excluding hydrogens is 417 g/mol. The molecule has 5 nitrogen and oxygen atoms in total. The summed E-state index contributed by atoms with van der Waals surface area (Å²) in [6.45, 7) is 0.0667. The number of carbonyl (C=O) groups is 2. The normalized spacial score (nSPS) is 15.2. The van der Waals surface area contributed by atoms with Crippen LogP contribution in [0.4, 0.5) is 13.2 Å². The Labute approximate surface area is 176 Å². The van der Waals surface area contributed by atoms with Gasteiger partial charge < -0.3 is 15.0 Å². The molecule has 162 valence electrons. The second-order valence-electron chi connectivity index (χ2n) is 7.19. The van der Waals surface area contributed by atoms with Gasteiger partial charge in [0.2, 0.25) is 5.91 Å². The predicted molar refractivity (Wildman–Crippen MR) is 107 cm³/mol. The van der Waals surface area contributed by atoms with Crippen molar-refractivity contribution >= 4 is 23.2 Å². The first-order valence-electron chi connectivity index (χ1n) is 9.64. The van der Waals surface area contributed by atoms with Crippen molar-refractivity contribution in [3.63, 3.8) is 0 Å². The summed E-state index contributed by atoms with van der Waals surface area (Å²) >= 11 is 1.42. The minimum atomic E-state index is -4.34. The van der Waals surface area contributed by atoms with Gasteiger partial charge in [0.25, 0.3) is 5.91 Å². The van der Waals surface area contributed by atoms with Gasteiger partial charge in [-0.2, -0.15) is 13.2 Å². The van der Waals surface area contributed by atoms with Crippen LogP contribution in [0.25, 0.3) is 0 Å². The quantitative estimate of drug-likeness (QED) is 0.708. The van der Waals surface area contributed by atoms with Crippen LogP contribution in [-0.2, 0) is 22.7 Å². The Morgan fingerprint density at radius 3 is 2.37 bits per heavy atom. The molecule has 0 saturated carbocycles. The number of hydrogen-bond acceptors (Lipinski definition) is 4. The van der Waals surface area contributed by atoms with Crippen molar-refractivity contribution in [1.29, 1.82) is 0 Å². The zero-order chi connectivity index (χ0) is 21.6. The smallest absolute Gasteiger partial charge is 0.367 e. The van der Waals surface area contributed by atoms with E-state index in [-0.39, 0.29) is 24.3 Å². The molecule has 1 aromatic heterocycles. The van der Waals surface area contributed by atoms with Crippen LogP contribution in [0.15, 0.2) is 41.8 Å². The van der Waals surface area contributed by atoms with Crippen molar-refractivity contribution in [3.05, 3.63) is 57.8 Å². The number of hydrogen-bond donors (Lipinski definition) is 1. The third-order valence-electron chi connectivity index (χ3n) is 4.91. The minimum absolute atomic E-state index is 0.0168. The molecule has 2 amide bonds. The summed E-state index contributed by atoms with van der Waals surface area (Å²) in [5.74, 6) is -0.161. The van der Waals surface area contributed by atoms with E-state index in [0.29, 0.717) is 42.9 Å². The highest BCUT2D eigenvalue weighted by Crippen LogP contribution is 2.21. The number of ether oxygens (including phenoxy) is 1. The number of carbonyl (C=O) groups excluding carboxylic acids is 2. The van der Waals surface area contributed by atoms with Crippen molar-refractivity contribution in [2.75, 3.05) is 19.7 Å². The van der Waals surface area contributed by atoms with E-state index in [1.807, 2.05) is 11.4 Å². The highest BCUT2D eigenvalue weighted by atomic mass is 32.1. The number of rotatable bonds is 7. The number of likely N-dealkylation sites (tertiary alicyclic amines) is 1. The van der Waals surface area contributed by atoms with E-state index in [1.54, 1.807) is 35.2 Å². The number of thiophene rings is 1. The highest BCUT2D eigenvalue weighted by molar-refractivity contribution is 7.12. The number of nitrogens with zero attached hydrogens (tertiary/aromatic N) is 1. The van der Waals surface area contributed by atoms with Crippen molar-refractivity contribution in [2.24, 2.45) is 5.92 Å². The molecule has 0 unspecified atom stereocenters. The maximum Gasteiger partial charge on any atom is 0.411 e. The standard InChI is InChI=1S/C21H23F3N2O3S/c22-21(23,24)14-29-13-16-5-3-15(4-6-16)12-25-19(27)17-7-9-26(10-8-17)20(28)18-2-1-11-30-18/h1-6,11,17H,7-10,12-14H2,(H,25,27). The molecule has 1 aromatic carbocycles. The van der Waals surface area contributed by atoms with E-state index in [4.69, 9.17) is 0 Å². The van der Waals surface area contributed by atoms with Crippen molar-refractivity contribution < 1.29 is 27.5 Å². The molecule has 0 spiro atoms. The minimum Gasteiger partial charge on any atom is -0.367 e. The van der Waals surface area contributed by atoms with Crippen molar-refractivity contribution in [2.45, 2.75) is 32.2 Å². The Morgan fingerprint density at radius 1 is 1.10 bits per heavy atom. The zero-order valence-corrected chi connectivity index (χ0v) is 17.1. The summed E-state index contributed by atoms with van der Waals surface area (Å²) in [6, 6.07) is 10.5. The summed E-state index contributed by atoms with van der Waals surface area (Å²) in [5, 5.41) is 4.77. The van der Waals surface area contributed by atoms with E-state index in [2.05, 4.69) is 10.1 Å². The predicted octanol–water partition coefficient (Wildman–Crippen LogP) is 4.00. The molecule has 1 saturated heterocycles. The van der Waals surface area contributed by atoms with Crippen LogP contribution in [0.2, 0.25) is 0 Å². The summed E-state index contributed by atoms with van der Waals surface area (Å²) in [5.41, 5.74) is 1.49. The Balaban J connectivity index is 1.39. The van der Waals surface area contributed by atoms with Crippen LogP contribution >= 0.6 is 11.3 Å². The number of alkyl halides is 3. The summed E-state index contributed by atoms with van der Waals surface area (Å²) in [6.07, 6.45) is -3.09. The molecular formula is C21H23F3N2O3S. The van der Waals surface area contributed by atoms with E-state index in [1.165, 1.54) is 11.3 Å². The third-order valence-corrected chi connectivity index (χ3v) is 5.77. The van der Waals surface area contributed by atoms with Gasteiger partial charge in [-0.1, -0.05) is 30.3 Å². The van der Waals surface area contributed by atoms with Gasteiger partial charge in [0.05, 0.1) is 11.5 Å². The monoisotopic (exact) mass is 440 g/mol. The van der Waals surface area contributed by atoms with Crippen LogP contribution in [0.5, 0.6) is 0 Å². The third kappa shape index (κ3) is 6.56. The molecule has 1 N–H and O–H groups in total. The van der Waals surface area contributed by atoms with Gasteiger partial charge in [0.15, 0.2) is 0 Å². The zero-order valence-electron chi connectivity index (χ0n) is 16.3. The lowest BCUT2D eigenvalue weighted by molar-refractivity contribution is -0.176. The number of nitrogens with one attached hydrogen (secondary N) is 1. The van der Waals surface area contributed by atoms with Gasteiger partial charge in [-0.15, -0.1) is 11.3 Å². The van der Waals surface area contributed by atoms with Crippen molar-refractivity contribution in [1.82, 2.24) is 10.2 Å². The highest BCUT2D eigenvalue weighted by Gasteiger charge is 2.28. The fraction of sp³-hybridized carbons (Fsp3) is 0.429. The largest absolute Gasteiger partial charge is 0.411 e. The number of amides is 2. The average Bonchev–Trinajstić information content (AvgIpc) is 3.26. The maximum absolute atomic E-state index is 12.4. The molecule has 1 fully saturated rings. The van der Waals surface area contributed by atoms with E-state index in [0.717, 1.165) is 5.56 Å². The van der Waals surface area contributed by atoms with Gasteiger partial charge in [-0.25, -0.2) is 0 Å². The molecule has 0 bridgehead atoms. The second-order valence-corrected chi connectivity index (χ2v) is 8.13. The molecule has 2 aromatic rings. The molecule has 1 aliphatic rings. The van der Waals surface area contributed by atoms with Crippen LogP contribution in [0.3, 0.4) is 0 Å². The maximum atomic E-state index is 12.4. The van der Waals surface area contributed by atoms with Crippen LogP contribution < -0.4 is 5.32 Å². The van der Waals surface area contributed by atoms with E-state index < -0.39 is 12.8 Å². The fourth-order valence-electron chi connectivity index (χ4n) is 3.27. The van der Waals surface area contributed by atoms with Crippen LogP contribution in [-0.4, -0.2) is 42.6 Å². The summed E-state index contributed by atoms with van der Waals surface area (Å²) in [4.78, 5) is 27.3. The average molecular weight is 440 g/mol. The van der Waals surface area contributed by atoms with Gasteiger partial charge >= 0.3 is 6.18 Å². The second kappa shape index (κ2) is 10.1. The Kier molecular flexibility index (Phi) is 7.49. The number of benzene rings is 1. The topological polar surface area (TPSA) is 58.6 Å². The number of piperidine rings is 1. The summed E-state index contributed by atoms with van der Waals surface area (Å²) in [7, 11) is 0. The van der Waals surface area contributed by atoms with E-state index >= 15 is 0 Å². The lowest BCUT2D eigenvalue weighted by Gasteiger charge is -2.31. The Bertz CT molecular complexity index is 830. The molecule has 0 radical (unpaired) electrons. The lowest BCUT2D eigenvalue weighted by Crippen LogP contribution is -2.42. The molecule has 0 atom stereocenters. The Hall–Kier alpha value is -2.39. The molecule has 9 heteroatoms. The first-order valence-corrected chi connectivity index (χ1v) is 10.5. The molecule has 1 aliphatic heterocycles. The molecule has 30 heavy (non-hydrogen) atoms. The molecule has 3 rings (SSSR count). The fourth-order valence-corrected chi connectivity index (χ4v) is 3.96. The Morgan fingerprint density at radius 2 is 1.77 bits per heavy atom. The summed E-state index contributed by atoms with van der Waals surface area (Å²) < 4.78 is 40.9. The van der Waals surface area contributed by atoms with E-state index in [9.17, 15) is 22.8 Å². The molecule has 0 aliphatic carbocycles. The van der Waals surface area contributed by atoms with Crippen LogP contribution in [0.1, 0.15) is 33.6 Å². The van der Waals surface area contributed by atoms with Gasteiger partial charge in [0, 0.05) is 25.6 Å². The van der Waals surface area contributed by atoms with Gasteiger partial charge in [-0.05, 0) is 35.4 Å². The van der Waals surface area contributed by atoms with Crippen LogP contribution in [0, 0.1) is 5.92 Å².